The molecule has 4 unspecified atom stereocenters. The molecule has 0 aromatic heterocycles. The van der Waals surface area contributed by atoms with E-state index in [1.807, 2.05) is 27.7 Å². The van der Waals surface area contributed by atoms with Crippen LogP contribution in [-0.2, 0) is 19.2 Å². The fourth-order valence-electron chi connectivity index (χ4n) is 2.50. The molecular weight excluding hydrogens is 400 g/mol. The zero-order chi connectivity index (χ0) is 22.7. The molecule has 0 bridgehead atoms. The molecule has 0 aromatic carbocycles. The maximum atomic E-state index is 12.6. The van der Waals surface area contributed by atoms with Crippen LogP contribution in [0.3, 0.4) is 0 Å². The SMILES string of the molecule is CC(C)CC(NC(=O)C(CC(C)C)NC(=O)C(CO)NC(=O)C(N)CS)C(=O)O. The average molecular weight is 435 g/mol. The van der Waals surface area contributed by atoms with Crippen molar-refractivity contribution in [1.29, 1.82) is 0 Å². The Balaban J connectivity index is 5.24. The topological polar surface area (TPSA) is 171 Å². The van der Waals surface area contributed by atoms with Crippen LogP contribution in [0, 0.1) is 11.8 Å². The summed E-state index contributed by atoms with van der Waals surface area (Å²) in [7, 11) is 0. The average Bonchev–Trinajstić information content (AvgIpc) is 2.62. The minimum absolute atomic E-state index is 0.0131. The smallest absolute Gasteiger partial charge is 0.326 e. The molecule has 0 spiro atoms. The quantitative estimate of drug-likeness (QED) is 0.180. The van der Waals surface area contributed by atoms with Crippen molar-refractivity contribution in [1.82, 2.24) is 16.0 Å². The summed E-state index contributed by atoms with van der Waals surface area (Å²) in [5, 5.41) is 26.0. The van der Waals surface area contributed by atoms with Gasteiger partial charge in [-0.25, -0.2) is 4.79 Å². The first-order chi connectivity index (χ1) is 13.4. The van der Waals surface area contributed by atoms with E-state index in [-0.39, 0.29) is 30.4 Å². The maximum absolute atomic E-state index is 12.6. The second kappa shape index (κ2) is 13.4. The standard InChI is InChI=1S/C18H34N4O6S/c1-9(2)5-12(16(25)21-13(18(27)28)6-10(3)4)20-17(26)14(7-23)22-15(24)11(19)8-29/h9-14,23,29H,5-8,19H2,1-4H3,(H,20,26)(H,21,25)(H,22,24)(H,27,28). The highest BCUT2D eigenvalue weighted by atomic mass is 32.1. The van der Waals surface area contributed by atoms with Crippen LogP contribution in [0.25, 0.3) is 0 Å². The van der Waals surface area contributed by atoms with Crippen molar-refractivity contribution in [3.63, 3.8) is 0 Å². The predicted octanol–water partition coefficient (Wildman–Crippen LogP) is -1.13. The lowest BCUT2D eigenvalue weighted by molar-refractivity contribution is -0.143. The number of nitrogens with two attached hydrogens (primary N) is 1. The van der Waals surface area contributed by atoms with Crippen molar-refractivity contribution in [3.05, 3.63) is 0 Å². The number of amides is 3. The van der Waals surface area contributed by atoms with Gasteiger partial charge in [-0.1, -0.05) is 27.7 Å². The van der Waals surface area contributed by atoms with Gasteiger partial charge < -0.3 is 31.9 Å². The minimum atomic E-state index is -1.30. The summed E-state index contributed by atoms with van der Waals surface area (Å²) in [5.41, 5.74) is 5.54. The first-order valence-corrected chi connectivity index (χ1v) is 10.2. The molecule has 0 radical (unpaired) electrons. The van der Waals surface area contributed by atoms with Crippen LogP contribution >= 0.6 is 12.6 Å². The number of rotatable bonds is 13. The Morgan fingerprint density at radius 1 is 0.828 bits per heavy atom. The molecule has 0 aromatic rings. The largest absolute Gasteiger partial charge is 0.480 e. The van der Waals surface area contributed by atoms with Gasteiger partial charge in [0.15, 0.2) is 0 Å². The molecule has 0 saturated carbocycles. The number of carbonyl (C=O) groups excluding carboxylic acids is 3. The fraction of sp³-hybridized carbons (Fsp3) is 0.778. The lowest BCUT2D eigenvalue weighted by Gasteiger charge is -2.25. The summed E-state index contributed by atoms with van der Waals surface area (Å²) in [6.45, 7) is 6.65. The first kappa shape index (κ1) is 27.1. The van der Waals surface area contributed by atoms with Gasteiger partial charge >= 0.3 is 5.97 Å². The molecule has 0 aliphatic rings. The van der Waals surface area contributed by atoms with Gasteiger partial charge in [-0.3, -0.25) is 14.4 Å². The number of hydrogen-bond acceptors (Lipinski definition) is 7. The van der Waals surface area contributed by atoms with Gasteiger partial charge in [-0.05, 0) is 24.7 Å². The zero-order valence-electron chi connectivity index (χ0n) is 17.3. The molecule has 3 amide bonds. The van der Waals surface area contributed by atoms with Gasteiger partial charge in [0.2, 0.25) is 17.7 Å². The van der Waals surface area contributed by atoms with E-state index >= 15 is 0 Å². The van der Waals surface area contributed by atoms with Gasteiger partial charge in [-0.15, -0.1) is 0 Å². The number of carbonyl (C=O) groups is 4. The molecule has 0 rings (SSSR count). The second-order valence-electron chi connectivity index (χ2n) is 7.75. The van der Waals surface area contributed by atoms with E-state index in [0.29, 0.717) is 0 Å². The van der Waals surface area contributed by atoms with E-state index in [0.717, 1.165) is 0 Å². The summed E-state index contributed by atoms with van der Waals surface area (Å²) in [6, 6.07) is -4.37. The number of aliphatic hydroxyl groups is 1. The Bertz CT molecular complexity index is 573. The third-order valence-electron chi connectivity index (χ3n) is 4.01. The van der Waals surface area contributed by atoms with Gasteiger partial charge in [0.05, 0.1) is 12.6 Å². The first-order valence-electron chi connectivity index (χ1n) is 9.54. The van der Waals surface area contributed by atoms with Gasteiger partial charge in [-0.2, -0.15) is 12.6 Å². The molecule has 168 valence electrons. The van der Waals surface area contributed by atoms with Crippen LogP contribution in [0.4, 0.5) is 0 Å². The van der Waals surface area contributed by atoms with Crippen molar-refractivity contribution in [2.75, 3.05) is 12.4 Å². The molecule has 7 N–H and O–H groups in total. The van der Waals surface area contributed by atoms with Gasteiger partial charge in [0.1, 0.15) is 18.1 Å². The number of aliphatic hydroxyl groups excluding tert-OH is 1. The summed E-state index contributed by atoms with van der Waals surface area (Å²) in [5.74, 6) is -3.14. The third-order valence-corrected chi connectivity index (χ3v) is 4.40. The number of carboxylic acid groups (broad SMARTS) is 1. The van der Waals surface area contributed by atoms with Gasteiger partial charge in [0, 0.05) is 5.75 Å². The zero-order valence-corrected chi connectivity index (χ0v) is 18.2. The maximum Gasteiger partial charge on any atom is 0.326 e. The van der Waals surface area contributed by atoms with E-state index in [2.05, 4.69) is 28.6 Å². The van der Waals surface area contributed by atoms with Gasteiger partial charge in [0.25, 0.3) is 0 Å². The van der Waals surface area contributed by atoms with Crippen LogP contribution in [0.1, 0.15) is 40.5 Å². The molecule has 11 heteroatoms. The molecule has 29 heavy (non-hydrogen) atoms. The molecule has 0 saturated heterocycles. The Kier molecular flexibility index (Phi) is 12.5. The van der Waals surface area contributed by atoms with Crippen LogP contribution < -0.4 is 21.7 Å². The summed E-state index contributed by atoms with van der Waals surface area (Å²) in [6.07, 6.45) is 0.480. The highest BCUT2D eigenvalue weighted by molar-refractivity contribution is 7.80. The highest BCUT2D eigenvalue weighted by Crippen LogP contribution is 2.09. The van der Waals surface area contributed by atoms with Crippen molar-refractivity contribution in [2.45, 2.75) is 64.7 Å². The third kappa shape index (κ3) is 10.5. The molecule has 0 fully saturated rings. The van der Waals surface area contributed by atoms with E-state index < -0.39 is 54.5 Å². The van der Waals surface area contributed by atoms with E-state index in [4.69, 9.17) is 5.73 Å². The Labute approximate surface area is 176 Å². The number of thiol groups is 1. The minimum Gasteiger partial charge on any atom is -0.480 e. The normalized spacial score (nSPS) is 15.3. The number of hydrogen-bond donors (Lipinski definition) is 7. The molecule has 4 atom stereocenters. The molecule has 10 nitrogen and oxygen atoms in total. The molecular formula is C18H34N4O6S. The Morgan fingerprint density at radius 2 is 1.24 bits per heavy atom. The van der Waals surface area contributed by atoms with Crippen LogP contribution in [0.2, 0.25) is 0 Å². The monoisotopic (exact) mass is 434 g/mol. The highest BCUT2D eigenvalue weighted by Gasteiger charge is 2.30. The lowest BCUT2D eigenvalue weighted by Crippen LogP contribution is -2.58. The summed E-state index contributed by atoms with van der Waals surface area (Å²) >= 11 is 3.90. The second-order valence-corrected chi connectivity index (χ2v) is 8.12. The number of nitrogens with one attached hydrogen (secondary N) is 3. The van der Waals surface area contributed by atoms with E-state index in [1.165, 1.54) is 0 Å². The van der Waals surface area contributed by atoms with Crippen LogP contribution in [-0.4, -0.2) is 70.4 Å². The van der Waals surface area contributed by atoms with Crippen molar-refractivity contribution in [3.8, 4) is 0 Å². The van der Waals surface area contributed by atoms with Crippen LogP contribution in [0.15, 0.2) is 0 Å². The van der Waals surface area contributed by atoms with Crippen molar-refractivity contribution >= 4 is 36.3 Å². The predicted molar refractivity (Wildman–Crippen MR) is 111 cm³/mol. The van der Waals surface area contributed by atoms with Crippen LogP contribution in [0.5, 0.6) is 0 Å². The van der Waals surface area contributed by atoms with E-state index in [9.17, 15) is 29.4 Å². The Morgan fingerprint density at radius 3 is 1.66 bits per heavy atom. The van der Waals surface area contributed by atoms with Crippen molar-refractivity contribution in [2.24, 2.45) is 17.6 Å². The number of aliphatic carboxylic acids is 1. The summed E-state index contributed by atoms with van der Waals surface area (Å²) < 4.78 is 0. The Hall–Kier alpha value is -1.85. The fourth-order valence-corrected chi connectivity index (χ4v) is 2.66. The molecule has 0 aliphatic carbocycles. The van der Waals surface area contributed by atoms with E-state index in [1.54, 1.807) is 0 Å². The van der Waals surface area contributed by atoms with Crippen molar-refractivity contribution < 1.29 is 29.4 Å². The summed E-state index contributed by atoms with van der Waals surface area (Å²) in [4.78, 5) is 48.4. The molecule has 0 aliphatic heterocycles. The lowest BCUT2D eigenvalue weighted by atomic mass is 10.0. The number of carboxylic acids is 1. The molecule has 0 heterocycles.